The van der Waals surface area contributed by atoms with Gasteiger partial charge in [0, 0.05) is 12.6 Å². The molecule has 0 saturated carbocycles. The van der Waals surface area contributed by atoms with Gasteiger partial charge in [0.2, 0.25) is 0 Å². The molecule has 0 spiro atoms. The van der Waals surface area contributed by atoms with Gasteiger partial charge in [-0.1, -0.05) is 12.5 Å². The van der Waals surface area contributed by atoms with Gasteiger partial charge in [0.05, 0.1) is 0 Å². The van der Waals surface area contributed by atoms with Crippen molar-refractivity contribution in [1.82, 2.24) is 4.90 Å². The summed E-state index contributed by atoms with van der Waals surface area (Å²) in [7, 11) is 0. The first-order chi connectivity index (χ1) is 9.65. The fraction of sp³-hybridized carbons (Fsp3) is 0.625. The molecule has 0 amide bonds. The van der Waals surface area contributed by atoms with Crippen LogP contribution in [0.15, 0.2) is 18.2 Å². The summed E-state index contributed by atoms with van der Waals surface area (Å²) in [6.07, 6.45) is 4.54. The topological polar surface area (TPSA) is 38.5 Å². The molecule has 1 saturated heterocycles. The minimum Gasteiger partial charge on any atom is -0.489 e. The summed E-state index contributed by atoms with van der Waals surface area (Å²) in [6.45, 7) is 5.61. The van der Waals surface area contributed by atoms with E-state index in [0.717, 1.165) is 25.2 Å². The molecule has 112 valence electrons. The Labute approximate surface area is 120 Å². The number of ether oxygens (including phenoxy) is 1. The van der Waals surface area contributed by atoms with E-state index in [4.69, 9.17) is 10.5 Å². The van der Waals surface area contributed by atoms with Crippen LogP contribution in [-0.4, -0.2) is 37.2 Å². The summed E-state index contributed by atoms with van der Waals surface area (Å²) in [5, 5.41) is 0. The Bertz CT molecular complexity index is 417. The highest BCUT2D eigenvalue weighted by molar-refractivity contribution is 5.29. The van der Waals surface area contributed by atoms with Crippen molar-refractivity contribution < 1.29 is 9.13 Å². The number of likely N-dealkylation sites (tertiary alicyclic amines) is 1. The third-order valence-electron chi connectivity index (χ3n) is 3.67. The lowest BCUT2D eigenvalue weighted by molar-refractivity contribution is 0.180. The molecule has 1 fully saturated rings. The van der Waals surface area contributed by atoms with Gasteiger partial charge in [-0.3, -0.25) is 4.90 Å². The van der Waals surface area contributed by atoms with Crippen molar-refractivity contribution in [1.29, 1.82) is 0 Å². The zero-order valence-corrected chi connectivity index (χ0v) is 12.3. The van der Waals surface area contributed by atoms with Crippen LogP contribution in [-0.2, 0) is 6.42 Å². The number of nitrogens with two attached hydrogens (primary N) is 1. The Kier molecular flexibility index (Phi) is 5.80. The molecule has 1 aliphatic heterocycles. The maximum atomic E-state index is 13.9. The largest absolute Gasteiger partial charge is 0.489 e. The summed E-state index contributed by atoms with van der Waals surface area (Å²) in [6, 6.07) is 5.17. The molecule has 1 aromatic carbocycles. The van der Waals surface area contributed by atoms with E-state index < -0.39 is 0 Å². The second-order valence-electron chi connectivity index (χ2n) is 5.70. The first-order valence-electron chi connectivity index (χ1n) is 7.54. The van der Waals surface area contributed by atoms with Crippen LogP contribution in [0, 0.1) is 5.82 Å². The van der Waals surface area contributed by atoms with Crippen LogP contribution in [0.1, 0.15) is 31.7 Å². The quantitative estimate of drug-likeness (QED) is 0.870. The summed E-state index contributed by atoms with van der Waals surface area (Å²) in [5.74, 6) is 0.0530. The predicted octanol–water partition coefficient (Wildman–Crippen LogP) is 2.58. The lowest BCUT2D eigenvalue weighted by atomic mass is 10.1. The van der Waals surface area contributed by atoms with Crippen LogP contribution in [0.25, 0.3) is 0 Å². The van der Waals surface area contributed by atoms with Crippen molar-refractivity contribution in [2.24, 2.45) is 5.73 Å². The molecule has 1 aliphatic rings. The van der Waals surface area contributed by atoms with Gasteiger partial charge in [-0.2, -0.15) is 0 Å². The Balaban J connectivity index is 1.80. The van der Waals surface area contributed by atoms with E-state index in [9.17, 15) is 4.39 Å². The third-order valence-corrected chi connectivity index (χ3v) is 3.67. The molecule has 3 nitrogen and oxygen atoms in total. The van der Waals surface area contributed by atoms with Crippen LogP contribution in [0.5, 0.6) is 5.75 Å². The van der Waals surface area contributed by atoms with Crippen LogP contribution >= 0.6 is 0 Å². The highest BCUT2D eigenvalue weighted by Gasteiger charge is 2.11. The number of piperidine rings is 1. The van der Waals surface area contributed by atoms with Gasteiger partial charge in [-0.15, -0.1) is 0 Å². The van der Waals surface area contributed by atoms with Crippen LogP contribution in [0.2, 0.25) is 0 Å². The molecule has 2 N–H and O–H groups in total. The van der Waals surface area contributed by atoms with Crippen molar-refractivity contribution in [2.75, 3.05) is 26.2 Å². The smallest absolute Gasteiger partial charge is 0.165 e. The van der Waals surface area contributed by atoms with E-state index in [-0.39, 0.29) is 11.9 Å². The number of halogens is 1. The van der Waals surface area contributed by atoms with E-state index in [1.807, 2.05) is 13.0 Å². The van der Waals surface area contributed by atoms with Crippen LogP contribution < -0.4 is 10.5 Å². The summed E-state index contributed by atoms with van der Waals surface area (Å²) in [5.41, 5.74) is 6.63. The first kappa shape index (κ1) is 15.3. The standard InChI is InChI=1S/C16H25FN2O/c1-13(18)11-14-5-6-16(15(17)12-14)20-10-9-19-7-3-2-4-8-19/h5-6,12-13H,2-4,7-11,18H2,1H3. The fourth-order valence-corrected chi connectivity index (χ4v) is 2.63. The average Bonchev–Trinajstić information content (AvgIpc) is 2.42. The zero-order chi connectivity index (χ0) is 14.4. The van der Waals surface area contributed by atoms with Gasteiger partial charge in [0.1, 0.15) is 6.61 Å². The lowest BCUT2D eigenvalue weighted by Crippen LogP contribution is -2.33. The van der Waals surface area contributed by atoms with Crippen molar-refractivity contribution in [3.05, 3.63) is 29.6 Å². The second kappa shape index (κ2) is 7.60. The number of hydrogen-bond acceptors (Lipinski definition) is 3. The highest BCUT2D eigenvalue weighted by atomic mass is 19.1. The van der Waals surface area contributed by atoms with Gasteiger partial charge in [0.15, 0.2) is 11.6 Å². The number of rotatable bonds is 6. The minimum absolute atomic E-state index is 0.0419. The molecule has 1 unspecified atom stereocenters. The molecule has 20 heavy (non-hydrogen) atoms. The van der Waals surface area contributed by atoms with Crippen molar-refractivity contribution >= 4 is 0 Å². The third kappa shape index (κ3) is 4.76. The normalized spacial score (nSPS) is 17.9. The monoisotopic (exact) mass is 280 g/mol. The molecule has 0 aliphatic carbocycles. The summed E-state index contributed by atoms with van der Waals surface area (Å²) in [4.78, 5) is 2.38. The van der Waals surface area contributed by atoms with Gasteiger partial charge in [-0.25, -0.2) is 4.39 Å². The second-order valence-corrected chi connectivity index (χ2v) is 5.70. The van der Waals surface area contributed by atoms with Crippen LogP contribution in [0.4, 0.5) is 4.39 Å². The van der Waals surface area contributed by atoms with Crippen molar-refractivity contribution in [2.45, 2.75) is 38.6 Å². The molecular formula is C16H25FN2O. The fourth-order valence-electron chi connectivity index (χ4n) is 2.63. The Hall–Kier alpha value is -1.13. The molecule has 2 rings (SSSR count). The molecular weight excluding hydrogens is 255 g/mol. The summed E-state index contributed by atoms with van der Waals surface area (Å²) < 4.78 is 19.4. The Morgan fingerprint density at radius 3 is 2.70 bits per heavy atom. The maximum absolute atomic E-state index is 13.9. The van der Waals surface area contributed by atoms with Gasteiger partial charge >= 0.3 is 0 Å². The number of nitrogens with zero attached hydrogens (tertiary/aromatic N) is 1. The Morgan fingerprint density at radius 2 is 2.05 bits per heavy atom. The SMILES string of the molecule is CC(N)Cc1ccc(OCCN2CCCCC2)c(F)c1. The molecule has 0 radical (unpaired) electrons. The van der Waals surface area contributed by atoms with E-state index in [2.05, 4.69) is 4.90 Å². The number of hydrogen-bond donors (Lipinski definition) is 1. The van der Waals surface area contributed by atoms with Crippen molar-refractivity contribution in [3.63, 3.8) is 0 Å². The molecule has 1 aromatic rings. The molecule has 1 atom stereocenters. The Morgan fingerprint density at radius 1 is 1.30 bits per heavy atom. The molecule has 0 bridgehead atoms. The maximum Gasteiger partial charge on any atom is 0.165 e. The molecule has 0 aromatic heterocycles. The average molecular weight is 280 g/mol. The van der Waals surface area contributed by atoms with E-state index >= 15 is 0 Å². The summed E-state index contributed by atoms with van der Waals surface area (Å²) >= 11 is 0. The highest BCUT2D eigenvalue weighted by Crippen LogP contribution is 2.19. The van der Waals surface area contributed by atoms with Gasteiger partial charge in [0.25, 0.3) is 0 Å². The van der Waals surface area contributed by atoms with Gasteiger partial charge < -0.3 is 10.5 Å². The van der Waals surface area contributed by atoms with E-state index in [1.165, 1.54) is 25.3 Å². The van der Waals surface area contributed by atoms with Crippen LogP contribution in [0.3, 0.4) is 0 Å². The number of benzene rings is 1. The van der Waals surface area contributed by atoms with Gasteiger partial charge in [-0.05, 0) is 57.0 Å². The van der Waals surface area contributed by atoms with Crippen molar-refractivity contribution in [3.8, 4) is 5.75 Å². The molecule has 4 heteroatoms. The predicted molar refractivity (Wildman–Crippen MR) is 79.5 cm³/mol. The first-order valence-corrected chi connectivity index (χ1v) is 7.54. The van der Waals surface area contributed by atoms with E-state index in [1.54, 1.807) is 6.07 Å². The zero-order valence-electron chi connectivity index (χ0n) is 12.3. The molecule has 1 heterocycles. The van der Waals surface area contributed by atoms with E-state index in [0.29, 0.717) is 18.8 Å². The minimum atomic E-state index is -0.290. The lowest BCUT2D eigenvalue weighted by Gasteiger charge is -2.26.